The van der Waals surface area contributed by atoms with Crippen LogP contribution in [0.4, 0.5) is 0 Å². The monoisotopic (exact) mass is 916 g/mol. The number of hydrogen-bond acceptors (Lipinski definition) is 5. The van der Waals surface area contributed by atoms with E-state index in [-0.39, 0.29) is 18.5 Å². The molecule has 0 aromatic rings. The van der Waals surface area contributed by atoms with Crippen LogP contribution in [0.2, 0.25) is 0 Å². The molecule has 1 amide bonds. The largest absolute Gasteiger partial charge is 0.466 e. The number of rotatable bonds is 54. The summed E-state index contributed by atoms with van der Waals surface area (Å²) in [6.07, 6.45) is 65.9. The van der Waals surface area contributed by atoms with Crippen molar-refractivity contribution in [1.82, 2.24) is 5.32 Å². The molecule has 0 heterocycles. The van der Waals surface area contributed by atoms with Gasteiger partial charge in [-0.3, -0.25) is 9.59 Å². The Hall–Kier alpha value is -1.66. The maximum Gasteiger partial charge on any atom is 0.305 e. The number of ether oxygens (including phenoxy) is 1. The summed E-state index contributed by atoms with van der Waals surface area (Å²) in [7, 11) is 0. The van der Waals surface area contributed by atoms with E-state index in [9.17, 15) is 19.8 Å². The van der Waals surface area contributed by atoms with Crippen molar-refractivity contribution in [2.75, 3.05) is 13.2 Å². The van der Waals surface area contributed by atoms with Gasteiger partial charge >= 0.3 is 5.97 Å². The third kappa shape index (κ3) is 51.6. The Labute approximate surface area is 405 Å². The molecule has 3 N–H and O–H groups in total. The standard InChI is InChI=1S/C59H113NO5/c1-3-5-7-9-11-13-15-17-18-25-29-33-37-41-45-49-53-59(64)65-54-50-46-42-38-34-30-26-23-21-19-20-22-24-28-32-36-40-44-48-52-58(63)60-56(55-61)57(62)51-47-43-39-35-31-27-16-14-12-10-8-6-4-2/h13,15,18,25,56-57,61-62H,3-12,14,16-17,19-24,26-55H2,1-2H3,(H,60,63)/b15-13-,25-18-. The lowest BCUT2D eigenvalue weighted by Crippen LogP contribution is -2.45. The van der Waals surface area contributed by atoms with Crippen LogP contribution in [0.3, 0.4) is 0 Å². The number of allylic oxidation sites excluding steroid dienone is 4. The van der Waals surface area contributed by atoms with Crippen molar-refractivity contribution in [3.05, 3.63) is 24.3 Å². The highest BCUT2D eigenvalue weighted by atomic mass is 16.5. The number of aliphatic hydroxyl groups excluding tert-OH is 2. The van der Waals surface area contributed by atoms with Crippen LogP contribution in [0.15, 0.2) is 24.3 Å². The Kier molecular flexibility index (Phi) is 53.5. The SMILES string of the molecule is CCCCCC/C=C\C/C=C\CCCCCCCC(=O)OCCCCCCCCCCCCCCCCCCCCCC(=O)NC(CO)C(O)CCCCCCCCCCCCCCC. The number of carbonyl (C=O) groups is 2. The first-order valence-corrected chi connectivity index (χ1v) is 29.1. The molecule has 2 atom stereocenters. The second-order valence-corrected chi connectivity index (χ2v) is 20.0. The highest BCUT2D eigenvalue weighted by molar-refractivity contribution is 5.76. The van der Waals surface area contributed by atoms with Gasteiger partial charge in [0.1, 0.15) is 0 Å². The maximum atomic E-state index is 12.5. The highest BCUT2D eigenvalue weighted by Crippen LogP contribution is 2.17. The minimum Gasteiger partial charge on any atom is -0.466 e. The van der Waals surface area contributed by atoms with E-state index in [0.29, 0.717) is 25.9 Å². The minimum atomic E-state index is -0.665. The summed E-state index contributed by atoms with van der Waals surface area (Å²) < 4.78 is 5.48. The summed E-state index contributed by atoms with van der Waals surface area (Å²) in [6, 6.07) is -0.543. The predicted molar refractivity (Wildman–Crippen MR) is 283 cm³/mol. The molecule has 0 aliphatic heterocycles. The molecule has 2 unspecified atom stereocenters. The first-order valence-electron chi connectivity index (χ1n) is 29.1. The fourth-order valence-electron chi connectivity index (χ4n) is 9.02. The van der Waals surface area contributed by atoms with Crippen LogP contribution < -0.4 is 5.32 Å². The van der Waals surface area contributed by atoms with Gasteiger partial charge in [-0.25, -0.2) is 0 Å². The molecule has 0 aromatic heterocycles. The van der Waals surface area contributed by atoms with E-state index in [1.54, 1.807) is 0 Å². The Bertz CT molecular complexity index is 1010. The lowest BCUT2D eigenvalue weighted by atomic mass is 10.0. The lowest BCUT2D eigenvalue weighted by molar-refractivity contribution is -0.143. The summed E-state index contributed by atoms with van der Waals surface area (Å²) >= 11 is 0. The van der Waals surface area contributed by atoms with E-state index >= 15 is 0 Å². The summed E-state index contributed by atoms with van der Waals surface area (Å²) in [5.41, 5.74) is 0. The molecule has 0 aliphatic rings. The molecule has 384 valence electrons. The summed E-state index contributed by atoms with van der Waals surface area (Å²) in [6.45, 7) is 4.93. The van der Waals surface area contributed by atoms with Crippen LogP contribution in [0.25, 0.3) is 0 Å². The van der Waals surface area contributed by atoms with Crippen LogP contribution in [-0.2, 0) is 14.3 Å². The van der Waals surface area contributed by atoms with Crippen LogP contribution in [0.5, 0.6) is 0 Å². The van der Waals surface area contributed by atoms with Crippen LogP contribution in [0.1, 0.15) is 316 Å². The fourth-order valence-corrected chi connectivity index (χ4v) is 9.02. The zero-order valence-electron chi connectivity index (χ0n) is 43.7. The Morgan fingerprint density at radius 3 is 1.18 bits per heavy atom. The normalized spacial score (nSPS) is 12.7. The number of amides is 1. The van der Waals surface area contributed by atoms with Gasteiger partial charge in [0.25, 0.3) is 0 Å². The van der Waals surface area contributed by atoms with Gasteiger partial charge in [-0.1, -0.05) is 269 Å². The van der Waals surface area contributed by atoms with E-state index in [4.69, 9.17) is 4.74 Å². The third-order valence-corrected chi connectivity index (χ3v) is 13.5. The topological polar surface area (TPSA) is 95.9 Å². The molecule has 0 aliphatic carbocycles. The first kappa shape index (κ1) is 63.3. The second kappa shape index (κ2) is 54.9. The minimum absolute atomic E-state index is 0.00420. The van der Waals surface area contributed by atoms with Gasteiger partial charge in [-0.05, 0) is 57.8 Å². The van der Waals surface area contributed by atoms with Crippen molar-refractivity contribution >= 4 is 11.9 Å². The van der Waals surface area contributed by atoms with Gasteiger partial charge in [0.2, 0.25) is 5.91 Å². The van der Waals surface area contributed by atoms with Crippen molar-refractivity contribution < 1.29 is 24.5 Å². The molecular weight excluding hydrogens is 803 g/mol. The molecule has 0 saturated carbocycles. The van der Waals surface area contributed by atoms with E-state index in [1.807, 2.05) is 0 Å². The van der Waals surface area contributed by atoms with Crippen molar-refractivity contribution in [2.45, 2.75) is 328 Å². The number of carbonyl (C=O) groups excluding carboxylic acids is 2. The first-order chi connectivity index (χ1) is 32.0. The van der Waals surface area contributed by atoms with Crippen molar-refractivity contribution in [3.63, 3.8) is 0 Å². The average Bonchev–Trinajstić information content (AvgIpc) is 3.31. The average molecular weight is 917 g/mol. The molecule has 0 spiro atoms. The molecule has 0 aromatic carbocycles. The molecule has 6 nitrogen and oxygen atoms in total. The van der Waals surface area contributed by atoms with Gasteiger partial charge in [0, 0.05) is 12.8 Å². The summed E-state index contributed by atoms with van der Waals surface area (Å²) in [5.74, 6) is -0.0417. The zero-order valence-corrected chi connectivity index (χ0v) is 43.7. The van der Waals surface area contributed by atoms with E-state index in [1.165, 1.54) is 231 Å². The highest BCUT2D eigenvalue weighted by Gasteiger charge is 2.20. The molecule has 65 heavy (non-hydrogen) atoms. The van der Waals surface area contributed by atoms with E-state index < -0.39 is 12.1 Å². The zero-order chi connectivity index (χ0) is 47.2. The Morgan fingerprint density at radius 1 is 0.431 bits per heavy atom. The van der Waals surface area contributed by atoms with E-state index in [0.717, 1.165) is 51.4 Å². The van der Waals surface area contributed by atoms with Gasteiger partial charge in [-0.2, -0.15) is 0 Å². The number of aliphatic hydroxyl groups is 2. The summed E-state index contributed by atoms with van der Waals surface area (Å²) in [5, 5.41) is 23.2. The molecule has 0 saturated heterocycles. The molecule has 0 rings (SSSR count). The number of hydrogen-bond donors (Lipinski definition) is 3. The van der Waals surface area contributed by atoms with Crippen LogP contribution in [-0.4, -0.2) is 47.4 Å². The van der Waals surface area contributed by atoms with Gasteiger partial charge in [0.15, 0.2) is 0 Å². The lowest BCUT2D eigenvalue weighted by Gasteiger charge is -2.22. The second-order valence-electron chi connectivity index (χ2n) is 20.0. The smallest absolute Gasteiger partial charge is 0.305 e. The Morgan fingerprint density at radius 2 is 0.769 bits per heavy atom. The molecule has 0 bridgehead atoms. The quantitative estimate of drug-likeness (QED) is 0.0321. The van der Waals surface area contributed by atoms with Crippen molar-refractivity contribution in [2.24, 2.45) is 0 Å². The van der Waals surface area contributed by atoms with Gasteiger partial charge < -0.3 is 20.3 Å². The Balaban J connectivity index is 3.39. The van der Waals surface area contributed by atoms with Gasteiger partial charge in [0.05, 0.1) is 25.4 Å². The number of unbranched alkanes of at least 4 members (excludes halogenated alkanes) is 39. The number of esters is 1. The fraction of sp³-hybridized carbons (Fsp3) is 0.898. The molecular formula is C59H113NO5. The predicted octanol–water partition coefficient (Wildman–Crippen LogP) is 17.9. The van der Waals surface area contributed by atoms with Crippen molar-refractivity contribution in [3.8, 4) is 0 Å². The van der Waals surface area contributed by atoms with Crippen molar-refractivity contribution in [1.29, 1.82) is 0 Å². The number of nitrogens with one attached hydrogen (secondary N) is 1. The molecule has 6 heteroatoms. The van der Waals surface area contributed by atoms with Crippen LogP contribution in [0, 0.1) is 0 Å². The molecule has 0 fully saturated rings. The summed E-state index contributed by atoms with van der Waals surface area (Å²) in [4.78, 5) is 24.5. The maximum absolute atomic E-state index is 12.5. The molecule has 0 radical (unpaired) electrons. The third-order valence-electron chi connectivity index (χ3n) is 13.5. The van der Waals surface area contributed by atoms with Crippen LogP contribution >= 0.6 is 0 Å². The van der Waals surface area contributed by atoms with Gasteiger partial charge in [-0.15, -0.1) is 0 Å². The van der Waals surface area contributed by atoms with E-state index in [2.05, 4.69) is 43.5 Å².